The van der Waals surface area contributed by atoms with Gasteiger partial charge in [-0.2, -0.15) is 0 Å². The van der Waals surface area contributed by atoms with Crippen LogP contribution in [0.5, 0.6) is 11.5 Å². The fourth-order valence-electron chi connectivity index (χ4n) is 2.16. The largest absolute Gasteiger partial charge is 0.493 e. The molecule has 0 saturated carbocycles. The summed E-state index contributed by atoms with van der Waals surface area (Å²) in [6.07, 6.45) is 4.31. The third-order valence-corrected chi connectivity index (χ3v) is 3.25. The molecule has 1 aromatic heterocycles. The molecule has 1 aromatic carbocycles. The van der Waals surface area contributed by atoms with Crippen LogP contribution in [0.15, 0.2) is 24.4 Å². The van der Waals surface area contributed by atoms with Gasteiger partial charge in [-0.3, -0.25) is 4.68 Å². The van der Waals surface area contributed by atoms with E-state index < -0.39 is 0 Å². The number of aliphatic hydroxyl groups is 1. The van der Waals surface area contributed by atoms with Crippen molar-refractivity contribution in [2.75, 3.05) is 20.8 Å². The number of rotatable bonds is 8. The summed E-state index contributed by atoms with van der Waals surface area (Å²) in [5.41, 5.74) is 2.02. The number of aryl methyl sites for hydroxylation is 2. The summed E-state index contributed by atoms with van der Waals surface area (Å²) in [5, 5.41) is 16.9. The minimum atomic E-state index is 0.102. The zero-order chi connectivity index (χ0) is 15.1. The topological polar surface area (TPSA) is 69.4 Å². The number of hydrogen-bond donors (Lipinski definition) is 1. The number of nitrogens with zero attached hydrogens (tertiary/aromatic N) is 3. The van der Waals surface area contributed by atoms with E-state index in [1.807, 2.05) is 29.1 Å². The van der Waals surface area contributed by atoms with Gasteiger partial charge in [0.2, 0.25) is 0 Å². The van der Waals surface area contributed by atoms with Crippen molar-refractivity contribution < 1.29 is 14.6 Å². The first-order valence-corrected chi connectivity index (χ1v) is 6.97. The standard InChI is InChI=1S/C15H21N3O3/c1-20-14-6-5-12(10-15(14)21-2)4-3-8-18-11-13(7-9-19)16-17-18/h5-6,10-11,19H,3-4,7-9H2,1-2H3. The zero-order valence-electron chi connectivity index (χ0n) is 12.5. The van der Waals surface area contributed by atoms with Gasteiger partial charge in [-0.15, -0.1) is 5.10 Å². The van der Waals surface area contributed by atoms with Gasteiger partial charge in [-0.05, 0) is 30.5 Å². The fourth-order valence-corrected chi connectivity index (χ4v) is 2.16. The molecule has 1 heterocycles. The molecule has 0 aliphatic rings. The molecule has 2 aromatic rings. The van der Waals surface area contributed by atoms with E-state index in [9.17, 15) is 0 Å². The number of hydrogen-bond acceptors (Lipinski definition) is 5. The summed E-state index contributed by atoms with van der Waals surface area (Å²) in [4.78, 5) is 0. The van der Waals surface area contributed by atoms with Crippen LogP contribution in [0.2, 0.25) is 0 Å². The quantitative estimate of drug-likeness (QED) is 0.797. The van der Waals surface area contributed by atoms with E-state index in [2.05, 4.69) is 10.3 Å². The first-order chi connectivity index (χ1) is 10.3. The highest BCUT2D eigenvalue weighted by atomic mass is 16.5. The van der Waals surface area contributed by atoms with E-state index in [4.69, 9.17) is 14.6 Å². The van der Waals surface area contributed by atoms with Gasteiger partial charge in [0.05, 0.1) is 19.9 Å². The Morgan fingerprint density at radius 1 is 1.14 bits per heavy atom. The van der Waals surface area contributed by atoms with Crippen molar-refractivity contribution in [3.05, 3.63) is 35.7 Å². The maximum Gasteiger partial charge on any atom is 0.160 e. The predicted molar refractivity (Wildman–Crippen MR) is 78.7 cm³/mol. The van der Waals surface area contributed by atoms with Crippen molar-refractivity contribution in [3.8, 4) is 11.5 Å². The minimum Gasteiger partial charge on any atom is -0.493 e. The van der Waals surface area contributed by atoms with Gasteiger partial charge in [0, 0.05) is 25.8 Å². The van der Waals surface area contributed by atoms with Crippen LogP contribution >= 0.6 is 0 Å². The van der Waals surface area contributed by atoms with Gasteiger partial charge in [-0.1, -0.05) is 11.3 Å². The number of methoxy groups -OCH3 is 2. The highest BCUT2D eigenvalue weighted by molar-refractivity contribution is 5.42. The molecular formula is C15H21N3O3. The Balaban J connectivity index is 1.87. The minimum absolute atomic E-state index is 0.102. The molecule has 0 fully saturated rings. The lowest BCUT2D eigenvalue weighted by atomic mass is 10.1. The highest BCUT2D eigenvalue weighted by Crippen LogP contribution is 2.27. The number of ether oxygens (including phenoxy) is 2. The van der Waals surface area contributed by atoms with Crippen molar-refractivity contribution in [2.24, 2.45) is 0 Å². The summed E-state index contributed by atoms with van der Waals surface area (Å²) in [7, 11) is 3.27. The lowest BCUT2D eigenvalue weighted by Gasteiger charge is -2.09. The Hall–Kier alpha value is -2.08. The normalized spacial score (nSPS) is 10.6. The number of aromatic nitrogens is 3. The van der Waals surface area contributed by atoms with Crippen LogP contribution in [-0.4, -0.2) is 40.9 Å². The Morgan fingerprint density at radius 3 is 2.67 bits per heavy atom. The molecule has 1 N–H and O–H groups in total. The second-order valence-electron chi connectivity index (χ2n) is 4.74. The van der Waals surface area contributed by atoms with Gasteiger partial charge in [0.25, 0.3) is 0 Å². The summed E-state index contributed by atoms with van der Waals surface area (Å²) in [6, 6.07) is 5.96. The van der Waals surface area contributed by atoms with Crippen LogP contribution in [0.4, 0.5) is 0 Å². The van der Waals surface area contributed by atoms with Gasteiger partial charge in [0.15, 0.2) is 11.5 Å². The maximum absolute atomic E-state index is 8.85. The molecule has 0 amide bonds. The third kappa shape index (κ3) is 4.19. The van der Waals surface area contributed by atoms with Crippen LogP contribution < -0.4 is 9.47 Å². The molecule has 0 atom stereocenters. The SMILES string of the molecule is COc1ccc(CCCn2cc(CCO)nn2)cc1OC. The van der Waals surface area contributed by atoms with Crippen LogP contribution in [-0.2, 0) is 19.4 Å². The van der Waals surface area contributed by atoms with Crippen molar-refractivity contribution in [1.82, 2.24) is 15.0 Å². The van der Waals surface area contributed by atoms with Gasteiger partial charge in [0.1, 0.15) is 0 Å². The molecule has 0 bridgehead atoms. The Morgan fingerprint density at radius 2 is 1.95 bits per heavy atom. The Bertz CT molecular complexity index is 569. The van der Waals surface area contributed by atoms with Crippen LogP contribution in [0.25, 0.3) is 0 Å². The molecule has 0 aliphatic carbocycles. The molecule has 6 heteroatoms. The van der Waals surface area contributed by atoms with E-state index in [0.29, 0.717) is 6.42 Å². The van der Waals surface area contributed by atoms with Crippen LogP contribution in [0.3, 0.4) is 0 Å². The molecule has 21 heavy (non-hydrogen) atoms. The summed E-state index contributed by atoms with van der Waals surface area (Å²) >= 11 is 0. The first-order valence-electron chi connectivity index (χ1n) is 6.97. The highest BCUT2D eigenvalue weighted by Gasteiger charge is 2.05. The third-order valence-electron chi connectivity index (χ3n) is 3.25. The van der Waals surface area contributed by atoms with E-state index >= 15 is 0 Å². The first kappa shape index (κ1) is 15.3. The molecular weight excluding hydrogens is 270 g/mol. The number of aliphatic hydroxyl groups excluding tert-OH is 1. The van der Waals surface area contributed by atoms with E-state index in [1.165, 1.54) is 5.56 Å². The smallest absolute Gasteiger partial charge is 0.160 e. The van der Waals surface area contributed by atoms with Gasteiger partial charge in [-0.25, -0.2) is 0 Å². The van der Waals surface area contributed by atoms with Crippen molar-refractivity contribution in [2.45, 2.75) is 25.8 Å². The molecule has 2 rings (SSSR count). The van der Waals surface area contributed by atoms with E-state index in [-0.39, 0.29) is 6.61 Å². The molecule has 0 spiro atoms. The van der Waals surface area contributed by atoms with Crippen LogP contribution in [0, 0.1) is 0 Å². The lowest BCUT2D eigenvalue weighted by Crippen LogP contribution is -2.01. The monoisotopic (exact) mass is 291 g/mol. The van der Waals surface area contributed by atoms with Crippen molar-refractivity contribution in [1.29, 1.82) is 0 Å². The Kier molecular flexibility index (Phi) is 5.57. The maximum atomic E-state index is 8.85. The summed E-state index contributed by atoms with van der Waals surface area (Å²) < 4.78 is 12.3. The molecule has 114 valence electrons. The van der Waals surface area contributed by atoms with Gasteiger partial charge < -0.3 is 14.6 Å². The lowest BCUT2D eigenvalue weighted by molar-refractivity contribution is 0.298. The Labute approximate surface area is 124 Å². The molecule has 0 aliphatic heterocycles. The number of benzene rings is 1. The molecule has 0 radical (unpaired) electrons. The molecule has 0 saturated heterocycles. The van der Waals surface area contributed by atoms with E-state index in [1.54, 1.807) is 14.2 Å². The van der Waals surface area contributed by atoms with Crippen molar-refractivity contribution >= 4 is 0 Å². The average Bonchev–Trinajstić information content (AvgIpc) is 2.95. The second-order valence-corrected chi connectivity index (χ2v) is 4.74. The van der Waals surface area contributed by atoms with Crippen LogP contribution in [0.1, 0.15) is 17.7 Å². The van der Waals surface area contributed by atoms with E-state index in [0.717, 1.165) is 36.6 Å². The van der Waals surface area contributed by atoms with Crippen molar-refractivity contribution in [3.63, 3.8) is 0 Å². The zero-order valence-corrected chi connectivity index (χ0v) is 12.5. The molecule has 6 nitrogen and oxygen atoms in total. The second kappa shape index (κ2) is 7.64. The van der Waals surface area contributed by atoms with Gasteiger partial charge >= 0.3 is 0 Å². The molecule has 0 unspecified atom stereocenters. The summed E-state index contributed by atoms with van der Waals surface area (Å²) in [6.45, 7) is 0.900. The fraction of sp³-hybridized carbons (Fsp3) is 0.467. The average molecular weight is 291 g/mol. The summed E-state index contributed by atoms with van der Waals surface area (Å²) in [5.74, 6) is 1.49. The predicted octanol–water partition coefficient (Wildman–Crippen LogP) is 1.46.